The minimum Gasteiger partial charge on any atom is -0.392 e. The largest absolute Gasteiger partial charge is 0.392 e. The van der Waals surface area contributed by atoms with Crippen molar-refractivity contribution in [1.82, 2.24) is 4.98 Å². The van der Waals surface area contributed by atoms with Crippen LogP contribution in [0.15, 0.2) is 18.3 Å². The lowest BCUT2D eigenvalue weighted by Crippen LogP contribution is -2.25. The predicted octanol–water partition coefficient (Wildman–Crippen LogP) is -0.120. The normalized spacial score (nSPS) is 16.2. The van der Waals surface area contributed by atoms with Crippen LogP contribution in [-0.2, 0) is 16.2 Å². The summed E-state index contributed by atoms with van der Waals surface area (Å²) in [4.78, 5) is 27.7. The summed E-state index contributed by atoms with van der Waals surface area (Å²) in [5, 5.41) is 8.81. The van der Waals surface area contributed by atoms with Crippen molar-refractivity contribution >= 4 is 17.5 Å². The molecule has 1 aromatic rings. The number of carbonyl (C=O) groups is 2. The lowest BCUT2D eigenvalue weighted by atomic mass is 10.3. The molecule has 0 radical (unpaired) electrons. The molecule has 1 fully saturated rings. The number of pyridine rings is 1. The van der Waals surface area contributed by atoms with Gasteiger partial charge < -0.3 is 5.11 Å². The zero-order chi connectivity index (χ0) is 10.8. The Morgan fingerprint density at radius 1 is 1.40 bits per heavy atom. The van der Waals surface area contributed by atoms with Gasteiger partial charge in [0.1, 0.15) is 5.82 Å². The minimum absolute atomic E-state index is 0.0383. The van der Waals surface area contributed by atoms with E-state index in [1.807, 2.05) is 0 Å². The van der Waals surface area contributed by atoms with Gasteiger partial charge in [-0.3, -0.25) is 14.5 Å². The van der Waals surface area contributed by atoms with Crippen LogP contribution in [0.1, 0.15) is 12.0 Å². The third-order valence-electron chi connectivity index (χ3n) is 2.25. The first-order chi connectivity index (χ1) is 7.20. The SMILES string of the molecule is O=C1CC(=O)N(c2ccc(CO)cn2)C1. The highest BCUT2D eigenvalue weighted by molar-refractivity contribution is 6.14. The molecule has 1 aliphatic heterocycles. The molecule has 78 valence electrons. The zero-order valence-corrected chi connectivity index (χ0v) is 8.01. The molecular weight excluding hydrogens is 196 g/mol. The smallest absolute Gasteiger partial charge is 0.236 e. The van der Waals surface area contributed by atoms with Gasteiger partial charge in [-0.15, -0.1) is 0 Å². The maximum Gasteiger partial charge on any atom is 0.236 e. The number of anilines is 1. The van der Waals surface area contributed by atoms with Crippen molar-refractivity contribution in [1.29, 1.82) is 0 Å². The average Bonchev–Trinajstić information content (AvgIpc) is 2.58. The molecule has 1 N–H and O–H groups in total. The monoisotopic (exact) mass is 206 g/mol. The number of aromatic nitrogens is 1. The van der Waals surface area contributed by atoms with Crippen LogP contribution in [0, 0.1) is 0 Å². The van der Waals surface area contributed by atoms with Crippen molar-refractivity contribution < 1.29 is 14.7 Å². The van der Waals surface area contributed by atoms with E-state index in [9.17, 15) is 9.59 Å². The fourth-order valence-corrected chi connectivity index (χ4v) is 1.46. The van der Waals surface area contributed by atoms with Crippen LogP contribution in [0.4, 0.5) is 5.82 Å². The molecule has 1 amide bonds. The summed E-state index contributed by atoms with van der Waals surface area (Å²) in [7, 11) is 0. The van der Waals surface area contributed by atoms with Gasteiger partial charge in [0.15, 0.2) is 5.78 Å². The van der Waals surface area contributed by atoms with Gasteiger partial charge in [-0.25, -0.2) is 4.98 Å². The Morgan fingerprint density at radius 3 is 2.67 bits per heavy atom. The van der Waals surface area contributed by atoms with Gasteiger partial charge in [0.25, 0.3) is 0 Å². The highest BCUT2D eigenvalue weighted by Gasteiger charge is 2.29. The van der Waals surface area contributed by atoms with E-state index in [0.717, 1.165) is 0 Å². The second-order valence-electron chi connectivity index (χ2n) is 3.38. The fraction of sp³-hybridized carbons (Fsp3) is 0.300. The van der Waals surface area contributed by atoms with Crippen molar-refractivity contribution in [2.24, 2.45) is 0 Å². The Labute approximate surface area is 86.3 Å². The molecule has 1 aromatic heterocycles. The van der Waals surface area contributed by atoms with Crippen molar-refractivity contribution in [3.05, 3.63) is 23.9 Å². The first-order valence-electron chi connectivity index (χ1n) is 4.58. The van der Waals surface area contributed by atoms with Crippen molar-refractivity contribution in [3.8, 4) is 0 Å². The molecule has 1 aliphatic rings. The topological polar surface area (TPSA) is 70.5 Å². The Hall–Kier alpha value is -1.75. The molecule has 0 unspecified atom stereocenters. The molecule has 2 heterocycles. The third-order valence-corrected chi connectivity index (χ3v) is 2.25. The average molecular weight is 206 g/mol. The maximum atomic E-state index is 11.4. The quantitative estimate of drug-likeness (QED) is 0.685. The number of hydrogen-bond acceptors (Lipinski definition) is 4. The maximum absolute atomic E-state index is 11.4. The Bertz CT molecular complexity index is 400. The molecule has 5 nitrogen and oxygen atoms in total. The van der Waals surface area contributed by atoms with Crippen LogP contribution in [0.2, 0.25) is 0 Å². The number of ketones is 1. The molecule has 0 spiro atoms. The summed E-state index contributed by atoms with van der Waals surface area (Å²) in [6, 6.07) is 3.31. The van der Waals surface area contributed by atoms with Crippen molar-refractivity contribution in [3.63, 3.8) is 0 Å². The number of nitrogens with zero attached hydrogens (tertiary/aromatic N) is 2. The first-order valence-corrected chi connectivity index (χ1v) is 4.58. The van der Waals surface area contributed by atoms with E-state index in [4.69, 9.17) is 5.11 Å². The summed E-state index contributed by atoms with van der Waals surface area (Å²) < 4.78 is 0. The molecule has 15 heavy (non-hydrogen) atoms. The van der Waals surface area contributed by atoms with Gasteiger partial charge in [0, 0.05) is 6.20 Å². The number of amides is 1. The summed E-state index contributed by atoms with van der Waals surface area (Å²) in [6.45, 7) is 0.0183. The van der Waals surface area contributed by atoms with Crippen LogP contribution < -0.4 is 4.90 Å². The zero-order valence-electron chi connectivity index (χ0n) is 8.01. The van der Waals surface area contributed by atoms with Crippen LogP contribution >= 0.6 is 0 Å². The number of hydrogen-bond donors (Lipinski definition) is 1. The lowest BCUT2D eigenvalue weighted by molar-refractivity contribution is -0.121. The second kappa shape index (κ2) is 3.78. The summed E-state index contributed by atoms with van der Waals surface area (Å²) in [5.74, 6) is 0.153. The lowest BCUT2D eigenvalue weighted by Gasteiger charge is -2.13. The van der Waals surface area contributed by atoms with E-state index in [1.165, 1.54) is 11.1 Å². The van der Waals surface area contributed by atoms with Gasteiger partial charge in [-0.1, -0.05) is 6.07 Å². The molecule has 0 bridgehead atoms. The minimum atomic E-state index is -0.218. The van der Waals surface area contributed by atoms with Crippen LogP contribution in [0.3, 0.4) is 0 Å². The molecule has 0 atom stereocenters. The molecule has 1 saturated heterocycles. The number of carbonyl (C=O) groups excluding carboxylic acids is 2. The number of aliphatic hydroxyl groups excluding tert-OH is 1. The van der Waals surface area contributed by atoms with Gasteiger partial charge in [0.2, 0.25) is 5.91 Å². The standard InChI is InChI=1S/C10H10N2O3/c13-6-7-1-2-9(11-4-7)12-5-8(14)3-10(12)15/h1-2,4,13H,3,5-6H2. The Balaban J connectivity index is 2.22. The van der Waals surface area contributed by atoms with E-state index in [1.54, 1.807) is 12.1 Å². The van der Waals surface area contributed by atoms with Gasteiger partial charge in [-0.2, -0.15) is 0 Å². The number of aliphatic hydroxyl groups is 1. The molecule has 5 heteroatoms. The van der Waals surface area contributed by atoms with Gasteiger partial charge in [0.05, 0.1) is 19.6 Å². The fourth-order valence-electron chi connectivity index (χ4n) is 1.46. The van der Waals surface area contributed by atoms with Gasteiger partial charge >= 0.3 is 0 Å². The number of rotatable bonds is 2. The molecular formula is C10H10N2O3. The summed E-state index contributed by atoms with van der Waals surface area (Å²) >= 11 is 0. The third kappa shape index (κ3) is 1.87. The Morgan fingerprint density at radius 2 is 2.20 bits per heavy atom. The van der Waals surface area contributed by atoms with E-state index in [2.05, 4.69) is 4.98 Å². The van der Waals surface area contributed by atoms with Crippen molar-refractivity contribution in [2.45, 2.75) is 13.0 Å². The molecule has 2 rings (SSSR count). The Kier molecular flexibility index (Phi) is 2.47. The van der Waals surface area contributed by atoms with Gasteiger partial charge in [-0.05, 0) is 11.6 Å². The van der Waals surface area contributed by atoms with Crippen LogP contribution in [-0.4, -0.2) is 28.3 Å². The highest BCUT2D eigenvalue weighted by atomic mass is 16.3. The van der Waals surface area contributed by atoms with E-state index >= 15 is 0 Å². The second-order valence-corrected chi connectivity index (χ2v) is 3.38. The first kappa shape index (κ1) is 9.79. The highest BCUT2D eigenvalue weighted by Crippen LogP contribution is 2.17. The van der Waals surface area contributed by atoms with E-state index < -0.39 is 0 Å². The van der Waals surface area contributed by atoms with E-state index in [-0.39, 0.29) is 31.3 Å². The van der Waals surface area contributed by atoms with E-state index in [0.29, 0.717) is 11.4 Å². The predicted molar refractivity (Wildman–Crippen MR) is 52.1 cm³/mol. The summed E-state index contributed by atoms with van der Waals surface area (Å²) in [6.07, 6.45) is 1.45. The molecule has 0 saturated carbocycles. The molecule has 0 aromatic carbocycles. The number of Topliss-reactive ketones (excluding diaryl/α,β-unsaturated/α-hetero) is 1. The summed E-state index contributed by atoms with van der Waals surface area (Å²) in [5.41, 5.74) is 0.678. The van der Waals surface area contributed by atoms with Crippen LogP contribution in [0.25, 0.3) is 0 Å². The van der Waals surface area contributed by atoms with Crippen molar-refractivity contribution in [2.75, 3.05) is 11.4 Å². The molecule has 0 aliphatic carbocycles. The van der Waals surface area contributed by atoms with Crippen LogP contribution in [0.5, 0.6) is 0 Å².